The molecule has 2 aromatic rings. The van der Waals surface area contributed by atoms with Crippen molar-refractivity contribution >= 4 is 11.9 Å². The van der Waals surface area contributed by atoms with Crippen LogP contribution in [-0.2, 0) is 22.6 Å². The fourth-order valence-corrected chi connectivity index (χ4v) is 2.91. The number of ether oxygens (including phenoxy) is 1. The van der Waals surface area contributed by atoms with Crippen LogP contribution in [-0.4, -0.2) is 40.4 Å². The molecule has 0 saturated heterocycles. The Labute approximate surface area is 157 Å². The predicted octanol–water partition coefficient (Wildman–Crippen LogP) is 2.49. The number of carboxylic acid groups (broad SMARTS) is 2. The normalized spacial score (nSPS) is 15.5. The highest BCUT2D eigenvalue weighted by molar-refractivity contribution is 5.89. The van der Waals surface area contributed by atoms with Gasteiger partial charge in [0.05, 0.1) is 7.11 Å². The fraction of sp³-hybridized carbons (Fsp3) is 0.300. The van der Waals surface area contributed by atoms with Crippen molar-refractivity contribution in [3.05, 3.63) is 66.0 Å². The summed E-state index contributed by atoms with van der Waals surface area (Å²) >= 11 is 0. The summed E-state index contributed by atoms with van der Waals surface area (Å²) in [4.78, 5) is 19.1. The molecule has 2 heterocycles. The summed E-state index contributed by atoms with van der Waals surface area (Å²) < 4.78 is 7.54. The van der Waals surface area contributed by atoms with Crippen molar-refractivity contribution in [2.24, 2.45) is 0 Å². The SMILES string of the molecule is COc1ccc(CCC2NCCn3cccc32)cc1.O=C(O)/C=C/C(=O)O. The lowest BCUT2D eigenvalue weighted by Crippen LogP contribution is -2.33. The number of methoxy groups -OCH3 is 1. The van der Waals surface area contributed by atoms with Gasteiger partial charge in [0.25, 0.3) is 0 Å². The Bertz CT molecular complexity index is 764. The van der Waals surface area contributed by atoms with E-state index in [0.29, 0.717) is 18.2 Å². The molecule has 0 spiro atoms. The number of rotatable bonds is 6. The zero-order valence-electron chi connectivity index (χ0n) is 15.2. The van der Waals surface area contributed by atoms with Crippen molar-refractivity contribution in [3.63, 3.8) is 0 Å². The van der Waals surface area contributed by atoms with E-state index in [-0.39, 0.29) is 0 Å². The summed E-state index contributed by atoms with van der Waals surface area (Å²) in [6.45, 7) is 2.15. The largest absolute Gasteiger partial charge is 0.497 e. The average molecular weight is 372 g/mol. The lowest BCUT2D eigenvalue weighted by Gasteiger charge is -2.26. The molecule has 1 atom stereocenters. The summed E-state index contributed by atoms with van der Waals surface area (Å²) in [5.74, 6) is -1.59. The monoisotopic (exact) mass is 372 g/mol. The minimum atomic E-state index is -1.26. The third-order valence-electron chi connectivity index (χ3n) is 4.21. The molecule has 0 bridgehead atoms. The van der Waals surface area contributed by atoms with E-state index >= 15 is 0 Å². The van der Waals surface area contributed by atoms with Crippen molar-refractivity contribution in [1.29, 1.82) is 0 Å². The minimum Gasteiger partial charge on any atom is -0.497 e. The molecule has 0 saturated carbocycles. The van der Waals surface area contributed by atoms with E-state index in [1.54, 1.807) is 7.11 Å². The number of aromatic nitrogens is 1. The zero-order valence-corrected chi connectivity index (χ0v) is 15.2. The van der Waals surface area contributed by atoms with E-state index in [4.69, 9.17) is 14.9 Å². The van der Waals surface area contributed by atoms with E-state index in [1.165, 1.54) is 11.3 Å². The van der Waals surface area contributed by atoms with Gasteiger partial charge in [-0.3, -0.25) is 0 Å². The number of carboxylic acids is 2. The van der Waals surface area contributed by atoms with Crippen LogP contribution in [0.15, 0.2) is 54.7 Å². The van der Waals surface area contributed by atoms with Crippen LogP contribution in [0.4, 0.5) is 0 Å². The molecule has 144 valence electrons. The second kappa shape index (κ2) is 10.2. The fourth-order valence-electron chi connectivity index (χ4n) is 2.91. The van der Waals surface area contributed by atoms with Gasteiger partial charge in [-0.25, -0.2) is 9.59 Å². The molecule has 1 aromatic carbocycles. The van der Waals surface area contributed by atoms with Gasteiger partial charge in [-0.1, -0.05) is 12.1 Å². The van der Waals surface area contributed by atoms with Crippen LogP contribution in [0.1, 0.15) is 23.7 Å². The van der Waals surface area contributed by atoms with Crippen molar-refractivity contribution in [3.8, 4) is 5.75 Å². The molecule has 7 nitrogen and oxygen atoms in total. The van der Waals surface area contributed by atoms with Crippen molar-refractivity contribution in [2.45, 2.75) is 25.4 Å². The maximum atomic E-state index is 9.55. The molecule has 7 heteroatoms. The number of aryl methyl sites for hydroxylation is 1. The maximum absolute atomic E-state index is 9.55. The lowest BCUT2D eigenvalue weighted by molar-refractivity contribution is -0.134. The molecule has 0 radical (unpaired) electrons. The first-order valence-corrected chi connectivity index (χ1v) is 8.65. The van der Waals surface area contributed by atoms with Crippen LogP contribution in [0.2, 0.25) is 0 Å². The third kappa shape index (κ3) is 6.63. The van der Waals surface area contributed by atoms with Gasteiger partial charge in [0.15, 0.2) is 0 Å². The number of nitrogens with one attached hydrogen (secondary N) is 1. The molecular formula is C20H24N2O5. The smallest absolute Gasteiger partial charge is 0.328 e. The zero-order chi connectivity index (χ0) is 19.6. The number of hydrogen-bond donors (Lipinski definition) is 3. The maximum Gasteiger partial charge on any atom is 0.328 e. The molecule has 0 fully saturated rings. The molecule has 0 aliphatic carbocycles. The number of nitrogens with zero attached hydrogens (tertiary/aromatic N) is 1. The van der Waals surface area contributed by atoms with Gasteiger partial charge in [0, 0.05) is 43.2 Å². The first kappa shape index (κ1) is 20.3. The molecule has 3 rings (SSSR count). The molecule has 3 N–H and O–H groups in total. The van der Waals surface area contributed by atoms with E-state index < -0.39 is 11.9 Å². The van der Waals surface area contributed by atoms with E-state index in [2.05, 4.69) is 40.3 Å². The highest BCUT2D eigenvalue weighted by Crippen LogP contribution is 2.23. The van der Waals surface area contributed by atoms with Crippen LogP contribution in [0.25, 0.3) is 0 Å². The minimum absolute atomic E-state index is 0.478. The average Bonchev–Trinajstić information content (AvgIpc) is 3.15. The van der Waals surface area contributed by atoms with E-state index in [1.807, 2.05) is 12.1 Å². The van der Waals surface area contributed by atoms with Crippen LogP contribution >= 0.6 is 0 Å². The van der Waals surface area contributed by atoms with Crippen molar-refractivity contribution < 1.29 is 24.5 Å². The quantitative estimate of drug-likeness (QED) is 0.674. The molecule has 1 aromatic heterocycles. The van der Waals surface area contributed by atoms with Crippen LogP contribution in [0.5, 0.6) is 5.75 Å². The van der Waals surface area contributed by atoms with Crippen molar-refractivity contribution in [2.75, 3.05) is 13.7 Å². The molecular weight excluding hydrogens is 348 g/mol. The van der Waals surface area contributed by atoms with Gasteiger partial charge < -0.3 is 24.8 Å². The predicted molar refractivity (Wildman–Crippen MR) is 101 cm³/mol. The molecule has 1 aliphatic heterocycles. The van der Waals surface area contributed by atoms with Crippen LogP contribution in [0.3, 0.4) is 0 Å². The number of fused-ring (bicyclic) bond motifs is 1. The summed E-state index contributed by atoms with van der Waals surface area (Å²) in [6.07, 6.45) is 5.52. The lowest BCUT2D eigenvalue weighted by atomic mass is 10.0. The highest BCUT2D eigenvalue weighted by Gasteiger charge is 2.18. The summed E-state index contributed by atoms with van der Waals surface area (Å²) in [5, 5.41) is 19.2. The van der Waals surface area contributed by atoms with E-state index in [9.17, 15) is 9.59 Å². The Morgan fingerprint density at radius 1 is 1.19 bits per heavy atom. The first-order valence-electron chi connectivity index (χ1n) is 8.65. The highest BCUT2D eigenvalue weighted by atomic mass is 16.5. The molecule has 27 heavy (non-hydrogen) atoms. The summed E-state index contributed by atoms with van der Waals surface area (Å²) in [6, 6.07) is 13.2. The van der Waals surface area contributed by atoms with Crippen LogP contribution in [0, 0.1) is 0 Å². The third-order valence-corrected chi connectivity index (χ3v) is 4.21. The summed E-state index contributed by atoms with van der Waals surface area (Å²) in [7, 11) is 1.70. The summed E-state index contributed by atoms with van der Waals surface area (Å²) in [5.41, 5.74) is 2.78. The van der Waals surface area contributed by atoms with Gasteiger partial charge in [-0.15, -0.1) is 0 Å². The standard InChI is InChI=1S/C16H20N2O.C4H4O4/c1-19-14-7-4-13(5-8-14)6-9-15-16-3-2-11-18(16)12-10-17-15;5-3(6)1-2-4(7)8/h2-5,7-8,11,15,17H,6,9-10,12H2,1H3;1-2H,(H,5,6)(H,7,8)/b;2-1+. The van der Waals surface area contributed by atoms with Crippen molar-refractivity contribution in [1.82, 2.24) is 9.88 Å². The Hall–Kier alpha value is -3.06. The first-order chi connectivity index (χ1) is 13.0. The Morgan fingerprint density at radius 3 is 2.44 bits per heavy atom. The van der Waals surface area contributed by atoms with Gasteiger partial charge in [-0.05, 0) is 42.7 Å². The number of carbonyl (C=O) groups is 2. The molecule has 0 amide bonds. The van der Waals surface area contributed by atoms with Gasteiger partial charge in [0.1, 0.15) is 5.75 Å². The van der Waals surface area contributed by atoms with Gasteiger partial charge >= 0.3 is 11.9 Å². The van der Waals surface area contributed by atoms with E-state index in [0.717, 1.165) is 31.7 Å². The second-order valence-corrected chi connectivity index (χ2v) is 6.03. The van der Waals surface area contributed by atoms with Gasteiger partial charge in [-0.2, -0.15) is 0 Å². The Morgan fingerprint density at radius 2 is 1.85 bits per heavy atom. The Kier molecular flexibility index (Phi) is 7.63. The number of aliphatic carboxylic acids is 2. The number of benzene rings is 1. The Balaban J connectivity index is 0.000000279. The molecule has 1 aliphatic rings. The van der Waals surface area contributed by atoms with Gasteiger partial charge in [0.2, 0.25) is 0 Å². The second-order valence-electron chi connectivity index (χ2n) is 6.03. The topological polar surface area (TPSA) is 101 Å². The van der Waals surface area contributed by atoms with Crippen LogP contribution < -0.4 is 10.1 Å². The number of hydrogen-bond acceptors (Lipinski definition) is 4. The molecule has 1 unspecified atom stereocenters.